The Morgan fingerprint density at radius 1 is 1.30 bits per heavy atom. The quantitative estimate of drug-likeness (QED) is 0.857. The molecule has 6 nitrogen and oxygen atoms in total. The molecule has 0 radical (unpaired) electrons. The molecule has 0 spiro atoms. The number of carboxylic acids is 1. The average Bonchev–Trinajstić information content (AvgIpc) is 2.26. The summed E-state index contributed by atoms with van der Waals surface area (Å²) in [5, 5.41) is 10.7. The lowest BCUT2D eigenvalue weighted by atomic mass is 10.1. The molecule has 0 heterocycles. The summed E-state index contributed by atoms with van der Waals surface area (Å²) in [6, 6.07) is 4.28. The minimum Gasteiger partial charge on any atom is -0.478 e. The number of aryl methyl sites for hydroxylation is 1. The van der Waals surface area contributed by atoms with Gasteiger partial charge in [-0.25, -0.2) is 13.2 Å². The van der Waals surface area contributed by atoms with Gasteiger partial charge < -0.3 is 10.4 Å². The number of nitrogens with one attached hydrogen (secondary N) is 1. The van der Waals surface area contributed by atoms with E-state index < -0.39 is 32.7 Å². The van der Waals surface area contributed by atoms with E-state index in [0.717, 1.165) is 0 Å². The SMILES string of the molecule is Cc1cc(NC(=O)CS(=O)(=O)C(C)C)ccc1C(=O)O. The van der Waals surface area contributed by atoms with Gasteiger partial charge in [0.1, 0.15) is 5.75 Å². The van der Waals surface area contributed by atoms with Crippen LogP contribution in [0.5, 0.6) is 0 Å². The molecule has 1 aromatic rings. The molecule has 0 atom stereocenters. The molecule has 0 fully saturated rings. The zero-order chi connectivity index (χ0) is 15.5. The second-order valence-corrected chi connectivity index (χ2v) is 7.30. The molecule has 0 saturated carbocycles. The third-order valence-electron chi connectivity index (χ3n) is 2.79. The molecule has 1 rings (SSSR count). The Morgan fingerprint density at radius 3 is 2.35 bits per heavy atom. The van der Waals surface area contributed by atoms with Crippen molar-refractivity contribution in [2.75, 3.05) is 11.1 Å². The van der Waals surface area contributed by atoms with Gasteiger partial charge in [0.2, 0.25) is 5.91 Å². The molecule has 0 aromatic heterocycles. The van der Waals surface area contributed by atoms with Crippen molar-refractivity contribution < 1.29 is 23.1 Å². The standard InChI is InChI=1S/C13H17NO5S/c1-8(2)20(18,19)7-12(15)14-10-4-5-11(13(16)17)9(3)6-10/h4-6,8H,7H2,1-3H3,(H,14,15)(H,16,17). The largest absolute Gasteiger partial charge is 0.478 e. The van der Waals surface area contributed by atoms with E-state index in [1.807, 2.05) is 0 Å². The fourth-order valence-corrected chi connectivity index (χ4v) is 2.30. The fourth-order valence-electron chi connectivity index (χ4n) is 1.53. The van der Waals surface area contributed by atoms with Crippen LogP contribution in [0.15, 0.2) is 18.2 Å². The van der Waals surface area contributed by atoms with Crippen LogP contribution in [-0.2, 0) is 14.6 Å². The van der Waals surface area contributed by atoms with Crippen LogP contribution in [0.1, 0.15) is 29.8 Å². The predicted molar refractivity (Wildman–Crippen MR) is 75.7 cm³/mol. The Bertz CT molecular complexity index is 634. The Hall–Kier alpha value is -1.89. The molecule has 7 heteroatoms. The van der Waals surface area contributed by atoms with Gasteiger partial charge in [-0.3, -0.25) is 4.79 Å². The lowest BCUT2D eigenvalue weighted by Crippen LogP contribution is -2.27. The highest BCUT2D eigenvalue weighted by molar-refractivity contribution is 7.92. The lowest BCUT2D eigenvalue weighted by Gasteiger charge is -2.10. The number of benzene rings is 1. The Balaban J connectivity index is 2.82. The Morgan fingerprint density at radius 2 is 1.90 bits per heavy atom. The first-order valence-corrected chi connectivity index (χ1v) is 7.70. The Kier molecular flexibility index (Phi) is 4.88. The summed E-state index contributed by atoms with van der Waals surface area (Å²) in [4.78, 5) is 22.5. The summed E-state index contributed by atoms with van der Waals surface area (Å²) in [7, 11) is -3.46. The third-order valence-corrected chi connectivity index (χ3v) is 4.89. The van der Waals surface area contributed by atoms with Crippen molar-refractivity contribution >= 4 is 27.4 Å². The molecule has 0 aliphatic rings. The molecule has 0 unspecified atom stereocenters. The van der Waals surface area contributed by atoms with Crippen molar-refractivity contribution in [1.29, 1.82) is 0 Å². The summed E-state index contributed by atoms with van der Waals surface area (Å²) < 4.78 is 23.2. The van der Waals surface area contributed by atoms with E-state index in [1.165, 1.54) is 32.0 Å². The lowest BCUT2D eigenvalue weighted by molar-refractivity contribution is -0.113. The topological polar surface area (TPSA) is 101 Å². The van der Waals surface area contributed by atoms with Crippen molar-refractivity contribution in [1.82, 2.24) is 0 Å². The van der Waals surface area contributed by atoms with Crippen molar-refractivity contribution in [2.24, 2.45) is 0 Å². The summed E-state index contributed by atoms with van der Waals surface area (Å²) in [6.45, 7) is 4.62. The molecule has 20 heavy (non-hydrogen) atoms. The van der Waals surface area contributed by atoms with Gasteiger partial charge in [-0.1, -0.05) is 0 Å². The predicted octanol–water partition coefficient (Wildman–Crippen LogP) is 1.45. The number of hydrogen-bond donors (Lipinski definition) is 2. The number of hydrogen-bond acceptors (Lipinski definition) is 4. The van der Waals surface area contributed by atoms with Crippen LogP contribution in [-0.4, -0.2) is 36.4 Å². The van der Waals surface area contributed by atoms with Crippen molar-refractivity contribution in [3.8, 4) is 0 Å². The maximum atomic E-state index is 11.7. The van der Waals surface area contributed by atoms with Gasteiger partial charge in [-0.05, 0) is 44.5 Å². The van der Waals surface area contributed by atoms with Crippen molar-refractivity contribution in [3.63, 3.8) is 0 Å². The second kappa shape index (κ2) is 6.04. The van der Waals surface area contributed by atoms with E-state index in [0.29, 0.717) is 11.3 Å². The molecular weight excluding hydrogens is 282 g/mol. The molecule has 0 aliphatic heterocycles. The van der Waals surface area contributed by atoms with Crippen LogP contribution in [0.2, 0.25) is 0 Å². The number of amides is 1. The van der Waals surface area contributed by atoms with Crippen molar-refractivity contribution in [2.45, 2.75) is 26.0 Å². The molecule has 1 amide bonds. The van der Waals surface area contributed by atoms with E-state index in [4.69, 9.17) is 5.11 Å². The third kappa shape index (κ3) is 4.06. The first kappa shape index (κ1) is 16.2. The highest BCUT2D eigenvalue weighted by atomic mass is 32.2. The molecular formula is C13H17NO5S. The van der Waals surface area contributed by atoms with E-state index in [-0.39, 0.29) is 5.56 Å². The number of carbonyl (C=O) groups excluding carboxylic acids is 1. The minimum absolute atomic E-state index is 0.137. The molecule has 1 aromatic carbocycles. The smallest absolute Gasteiger partial charge is 0.335 e. The number of sulfone groups is 1. The van der Waals surface area contributed by atoms with E-state index in [9.17, 15) is 18.0 Å². The zero-order valence-corrected chi connectivity index (χ0v) is 12.3. The molecule has 0 aliphatic carbocycles. The summed E-state index contributed by atoms with van der Waals surface area (Å²) in [6.07, 6.45) is 0. The van der Waals surface area contributed by atoms with Crippen LogP contribution >= 0.6 is 0 Å². The van der Waals surface area contributed by atoms with Gasteiger partial charge in [0, 0.05) is 5.69 Å². The number of aromatic carboxylic acids is 1. The van der Waals surface area contributed by atoms with Gasteiger partial charge in [0.05, 0.1) is 10.8 Å². The molecule has 0 saturated heterocycles. The van der Waals surface area contributed by atoms with Gasteiger partial charge in [-0.15, -0.1) is 0 Å². The zero-order valence-electron chi connectivity index (χ0n) is 11.5. The monoisotopic (exact) mass is 299 g/mol. The van der Waals surface area contributed by atoms with E-state index in [2.05, 4.69) is 5.32 Å². The van der Waals surface area contributed by atoms with Crippen LogP contribution in [0.3, 0.4) is 0 Å². The number of rotatable bonds is 5. The van der Waals surface area contributed by atoms with Crippen LogP contribution in [0.25, 0.3) is 0 Å². The molecule has 0 bridgehead atoms. The van der Waals surface area contributed by atoms with E-state index >= 15 is 0 Å². The number of anilines is 1. The highest BCUT2D eigenvalue weighted by Gasteiger charge is 2.20. The van der Waals surface area contributed by atoms with Gasteiger partial charge in [0.25, 0.3) is 0 Å². The molecule has 2 N–H and O–H groups in total. The van der Waals surface area contributed by atoms with Gasteiger partial charge in [0.15, 0.2) is 9.84 Å². The minimum atomic E-state index is -3.46. The van der Waals surface area contributed by atoms with Crippen LogP contribution in [0, 0.1) is 6.92 Å². The van der Waals surface area contributed by atoms with Crippen molar-refractivity contribution in [3.05, 3.63) is 29.3 Å². The number of carbonyl (C=O) groups is 2. The maximum absolute atomic E-state index is 11.7. The number of carboxylic acid groups (broad SMARTS) is 1. The van der Waals surface area contributed by atoms with Gasteiger partial charge in [-0.2, -0.15) is 0 Å². The maximum Gasteiger partial charge on any atom is 0.335 e. The summed E-state index contributed by atoms with van der Waals surface area (Å²) in [5.74, 6) is -2.28. The fraction of sp³-hybridized carbons (Fsp3) is 0.385. The summed E-state index contributed by atoms with van der Waals surface area (Å²) >= 11 is 0. The first-order valence-electron chi connectivity index (χ1n) is 5.99. The Labute approximate surface area is 117 Å². The van der Waals surface area contributed by atoms with Crippen LogP contribution < -0.4 is 5.32 Å². The first-order chi connectivity index (χ1) is 9.13. The van der Waals surface area contributed by atoms with Gasteiger partial charge >= 0.3 is 5.97 Å². The average molecular weight is 299 g/mol. The summed E-state index contributed by atoms with van der Waals surface area (Å²) in [5.41, 5.74) is 0.997. The highest BCUT2D eigenvalue weighted by Crippen LogP contribution is 2.15. The van der Waals surface area contributed by atoms with Crippen LogP contribution in [0.4, 0.5) is 5.69 Å². The molecule has 110 valence electrons. The van der Waals surface area contributed by atoms with E-state index in [1.54, 1.807) is 6.92 Å². The second-order valence-electron chi connectivity index (χ2n) is 4.74. The normalized spacial score (nSPS) is 11.4.